The van der Waals surface area contributed by atoms with Gasteiger partial charge >= 0.3 is 17.7 Å². The summed E-state index contributed by atoms with van der Waals surface area (Å²) in [6, 6.07) is 4.83. The Morgan fingerprint density at radius 1 is 1.38 bits per heavy atom. The van der Waals surface area contributed by atoms with Crippen molar-refractivity contribution in [1.29, 1.82) is 0 Å². The van der Waals surface area contributed by atoms with E-state index in [9.17, 15) is 14.9 Å². The van der Waals surface area contributed by atoms with Gasteiger partial charge in [0.2, 0.25) is 5.75 Å². The Labute approximate surface area is 117 Å². The molecule has 21 heavy (non-hydrogen) atoms. The van der Waals surface area contributed by atoms with Gasteiger partial charge in [-0.1, -0.05) is 0 Å². The molecule has 2 aromatic rings. The van der Waals surface area contributed by atoms with Gasteiger partial charge in [-0.3, -0.25) is 10.1 Å². The number of hydrogen-bond acceptors (Lipinski definition) is 7. The maximum Gasteiger partial charge on any atom is 0.354 e. The first-order chi connectivity index (χ1) is 10.0. The molecule has 0 unspecified atom stereocenters. The molecule has 1 heterocycles. The summed E-state index contributed by atoms with van der Waals surface area (Å²) in [6.45, 7) is 0. The molecule has 0 saturated heterocycles. The summed E-state index contributed by atoms with van der Waals surface area (Å²) in [6.07, 6.45) is 1.18. The normalized spacial score (nSPS) is 9.95. The van der Waals surface area contributed by atoms with Crippen molar-refractivity contribution in [3.63, 3.8) is 0 Å². The van der Waals surface area contributed by atoms with Gasteiger partial charge in [0.05, 0.1) is 18.1 Å². The number of carboxylic acids is 1. The monoisotopic (exact) mass is 291 g/mol. The van der Waals surface area contributed by atoms with Crippen molar-refractivity contribution in [3.8, 4) is 17.5 Å². The van der Waals surface area contributed by atoms with Gasteiger partial charge in [-0.25, -0.2) is 9.78 Å². The summed E-state index contributed by atoms with van der Waals surface area (Å²) in [7, 11) is 1.37. The highest BCUT2D eigenvalue weighted by Crippen LogP contribution is 2.33. The smallest absolute Gasteiger partial charge is 0.354 e. The molecule has 1 aromatic carbocycles. The molecule has 0 radical (unpaired) electrons. The molecule has 0 saturated carbocycles. The lowest BCUT2D eigenvalue weighted by Gasteiger charge is -2.06. The summed E-state index contributed by atoms with van der Waals surface area (Å²) in [5, 5.41) is 19.8. The number of nitrogens with zero attached hydrogens (tertiary/aromatic N) is 3. The highest BCUT2D eigenvalue weighted by molar-refractivity contribution is 5.85. The number of benzene rings is 1. The highest BCUT2D eigenvalue weighted by atomic mass is 16.6. The number of nitro groups is 1. The third-order valence-corrected chi connectivity index (χ3v) is 2.42. The van der Waals surface area contributed by atoms with Gasteiger partial charge in [0.15, 0.2) is 5.69 Å². The van der Waals surface area contributed by atoms with E-state index in [0.717, 1.165) is 0 Å². The molecule has 1 aromatic heterocycles. The molecule has 1 N–H and O–H groups in total. The summed E-state index contributed by atoms with van der Waals surface area (Å²) >= 11 is 0. The van der Waals surface area contributed by atoms with E-state index >= 15 is 0 Å². The number of ether oxygens (including phenoxy) is 2. The van der Waals surface area contributed by atoms with Crippen molar-refractivity contribution in [2.75, 3.05) is 7.11 Å². The topological polar surface area (TPSA) is 125 Å². The minimum absolute atomic E-state index is 0.122. The van der Waals surface area contributed by atoms with Crippen molar-refractivity contribution in [2.24, 2.45) is 0 Å². The van der Waals surface area contributed by atoms with Crippen LogP contribution in [0.25, 0.3) is 0 Å². The van der Waals surface area contributed by atoms with Crippen LogP contribution in [-0.2, 0) is 0 Å². The Kier molecular flexibility index (Phi) is 3.93. The fourth-order valence-corrected chi connectivity index (χ4v) is 1.46. The molecule has 0 aliphatic carbocycles. The zero-order chi connectivity index (χ0) is 15.4. The van der Waals surface area contributed by atoms with Gasteiger partial charge in [0, 0.05) is 6.20 Å². The second-order valence-corrected chi connectivity index (χ2v) is 3.72. The van der Waals surface area contributed by atoms with Crippen molar-refractivity contribution >= 4 is 11.7 Å². The molecule has 0 atom stereocenters. The summed E-state index contributed by atoms with van der Waals surface area (Å²) in [5.41, 5.74) is -0.630. The highest BCUT2D eigenvalue weighted by Gasteiger charge is 2.18. The molecule has 9 heteroatoms. The Morgan fingerprint density at radius 3 is 2.76 bits per heavy atom. The second-order valence-electron chi connectivity index (χ2n) is 3.72. The molecule has 0 spiro atoms. The SMILES string of the molecule is COc1ccc(Oc2nccc(C(=O)O)n2)c([N+](=O)[O-])c1. The van der Waals surface area contributed by atoms with Crippen LogP contribution in [0.4, 0.5) is 5.69 Å². The number of aromatic nitrogens is 2. The van der Waals surface area contributed by atoms with E-state index in [1.807, 2.05) is 0 Å². The van der Waals surface area contributed by atoms with Crippen LogP contribution in [-0.4, -0.2) is 33.1 Å². The zero-order valence-corrected chi connectivity index (χ0v) is 10.7. The van der Waals surface area contributed by atoms with Crippen molar-refractivity contribution < 1.29 is 24.3 Å². The fourth-order valence-electron chi connectivity index (χ4n) is 1.46. The fraction of sp³-hybridized carbons (Fsp3) is 0.0833. The molecular weight excluding hydrogens is 282 g/mol. The molecule has 0 fully saturated rings. The number of aromatic carboxylic acids is 1. The van der Waals surface area contributed by atoms with E-state index in [0.29, 0.717) is 0 Å². The Bertz CT molecular complexity index is 703. The number of rotatable bonds is 5. The van der Waals surface area contributed by atoms with Crippen LogP contribution in [0.5, 0.6) is 17.5 Å². The van der Waals surface area contributed by atoms with Crippen LogP contribution in [0.15, 0.2) is 30.5 Å². The predicted molar refractivity (Wildman–Crippen MR) is 68.7 cm³/mol. The van der Waals surface area contributed by atoms with Gasteiger partial charge in [0.25, 0.3) is 0 Å². The predicted octanol–water partition coefficient (Wildman–Crippen LogP) is 1.88. The van der Waals surface area contributed by atoms with Crippen molar-refractivity contribution in [3.05, 3.63) is 46.3 Å². The van der Waals surface area contributed by atoms with Gasteiger partial charge in [-0.2, -0.15) is 4.98 Å². The van der Waals surface area contributed by atoms with E-state index in [1.54, 1.807) is 0 Å². The van der Waals surface area contributed by atoms with E-state index in [1.165, 1.54) is 37.6 Å². The molecule has 9 nitrogen and oxygen atoms in total. The van der Waals surface area contributed by atoms with E-state index in [4.69, 9.17) is 14.6 Å². The first-order valence-electron chi connectivity index (χ1n) is 5.58. The Hall–Kier alpha value is -3.23. The van der Waals surface area contributed by atoms with Crippen molar-refractivity contribution in [1.82, 2.24) is 9.97 Å². The third kappa shape index (κ3) is 3.21. The quantitative estimate of drug-likeness (QED) is 0.653. The maximum atomic E-state index is 11.0. The third-order valence-electron chi connectivity index (χ3n) is 2.42. The lowest BCUT2D eigenvalue weighted by Crippen LogP contribution is -2.03. The zero-order valence-electron chi connectivity index (χ0n) is 10.7. The van der Waals surface area contributed by atoms with E-state index in [-0.39, 0.29) is 28.9 Å². The first kappa shape index (κ1) is 14.2. The van der Waals surface area contributed by atoms with Crippen LogP contribution in [0.2, 0.25) is 0 Å². The van der Waals surface area contributed by atoms with Crippen LogP contribution < -0.4 is 9.47 Å². The summed E-state index contributed by atoms with van der Waals surface area (Å²) in [5.74, 6) is -1.09. The molecule has 0 aliphatic heterocycles. The van der Waals surface area contributed by atoms with E-state index < -0.39 is 10.9 Å². The molecule has 0 aliphatic rings. The summed E-state index contributed by atoms with van der Waals surface area (Å²) < 4.78 is 10.1. The number of methoxy groups -OCH3 is 1. The lowest BCUT2D eigenvalue weighted by molar-refractivity contribution is -0.385. The number of nitro benzene ring substituents is 1. The number of carboxylic acid groups (broad SMARTS) is 1. The second kappa shape index (κ2) is 5.82. The molecule has 0 amide bonds. The van der Waals surface area contributed by atoms with Crippen LogP contribution in [0.1, 0.15) is 10.5 Å². The summed E-state index contributed by atoms with van der Waals surface area (Å²) in [4.78, 5) is 28.5. The average Bonchev–Trinajstić information content (AvgIpc) is 2.47. The molecule has 108 valence electrons. The van der Waals surface area contributed by atoms with E-state index in [2.05, 4.69) is 9.97 Å². The Balaban J connectivity index is 2.37. The number of carbonyl (C=O) groups is 1. The Morgan fingerprint density at radius 2 is 2.14 bits per heavy atom. The number of hydrogen-bond donors (Lipinski definition) is 1. The maximum absolute atomic E-state index is 11.0. The standard InChI is InChI=1S/C12H9N3O6/c1-20-7-2-3-10(9(6-7)15(18)19)21-12-13-5-4-8(14-12)11(16)17/h2-6H,1H3,(H,16,17). The van der Waals surface area contributed by atoms with Gasteiger partial charge in [-0.05, 0) is 18.2 Å². The van der Waals surface area contributed by atoms with Crippen LogP contribution in [0, 0.1) is 10.1 Å². The largest absolute Gasteiger partial charge is 0.496 e. The van der Waals surface area contributed by atoms with Gasteiger partial charge in [-0.15, -0.1) is 0 Å². The van der Waals surface area contributed by atoms with Crippen LogP contribution in [0.3, 0.4) is 0 Å². The first-order valence-corrected chi connectivity index (χ1v) is 5.58. The molecule has 0 bridgehead atoms. The van der Waals surface area contributed by atoms with Gasteiger partial charge < -0.3 is 14.6 Å². The average molecular weight is 291 g/mol. The van der Waals surface area contributed by atoms with Crippen LogP contribution >= 0.6 is 0 Å². The minimum Gasteiger partial charge on any atom is -0.496 e. The molecular formula is C12H9N3O6. The van der Waals surface area contributed by atoms with Gasteiger partial charge in [0.1, 0.15) is 5.75 Å². The lowest BCUT2D eigenvalue weighted by atomic mass is 10.3. The minimum atomic E-state index is -1.26. The molecule has 2 rings (SSSR count). The van der Waals surface area contributed by atoms with Crippen molar-refractivity contribution in [2.45, 2.75) is 0 Å².